The van der Waals surface area contributed by atoms with Gasteiger partial charge < -0.3 is 14.5 Å². The Hall–Kier alpha value is -3.73. The largest absolute Gasteiger partial charge is 0.494 e. The van der Waals surface area contributed by atoms with Crippen LogP contribution in [0.3, 0.4) is 0 Å². The predicted molar refractivity (Wildman–Crippen MR) is 105 cm³/mol. The number of carbonyl (C=O) groups excluding carboxylic acids is 1. The maximum atomic E-state index is 12.5. The van der Waals surface area contributed by atoms with Gasteiger partial charge in [-0.3, -0.25) is 14.8 Å². The van der Waals surface area contributed by atoms with Crippen LogP contribution in [-0.4, -0.2) is 61.5 Å². The van der Waals surface area contributed by atoms with Crippen LogP contribution >= 0.6 is 0 Å². The fraction of sp³-hybridized carbons (Fsp3) is 0.278. The molecular formula is C18H20N8O3. The van der Waals surface area contributed by atoms with Gasteiger partial charge in [-0.15, -0.1) is 5.10 Å². The highest BCUT2D eigenvalue weighted by Gasteiger charge is 2.17. The van der Waals surface area contributed by atoms with Crippen molar-refractivity contribution in [1.82, 2.24) is 34.7 Å². The number of aryl methyl sites for hydroxylation is 1. The summed E-state index contributed by atoms with van der Waals surface area (Å²) in [4.78, 5) is 20.2. The minimum Gasteiger partial charge on any atom is -0.494 e. The number of hydrogen-bond donors (Lipinski definition) is 2. The third kappa shape index (κ3) is 3.67. The van der Waals surface area contributed by atoms with Gasteiger partial charge in [0.1, 0.15) is 16.8 Å². The summed E-state index contributed by atoms with van der Waals surface area (Å²) >= 11 is 0. The third-order valence-electron chi connectivity index (χ3n) is 4.37. The van der Waals surface area contributed by atoms with E-state index in [1.807, 2.05) is 25.4 Å². The van der Waals surface area contributed by atoms with Crippen LogP contribution in [0.25, 0.3) is 22.2 Å². The lowest BCUT2D eigenvalue weighted by atomic mass is 10.1. The minimum atomic E-state index is -0.422. The van der Waals surface area contributed by atoms with E-state index in [0.717, 1.165) is 11.1 Å². The topological polar surface area (TPSA) is 125 Å². The summed E-state index contributed by atoms with van der Waals surface area (Å²) in [5, 5.41) is 14.7. The van der Waals surface area contributed by atoms with Crippen molar-refractivity contribution in [2.24, 2.45) is 7.05 Å². The number of amides is 1. The van der Waals surface area contributed by atoms with Crippen LogP contribution in [0.5, 0.6) is 5.75 Å². The Kier molecular flexibility index (Phi) is 4.96. The molecule has 0 spiro atoms. The number of carbonyl (C=O) groups is 1. The average Bonchev–Trinajstić information content (AvgIpc) is 3.44. The van der Waals surface area contributed by atoms with Crippen LogP contribution in [0.1, 0.15) is 10.5 Å². The zero-order valence-electron chi connectivity index (χ0n) is 16.2. The molecule has 4 rings (SSSR count). The van der Waals surface area contributed by atoms with Crippen LogP contribution < -0.4 is 10.1 Å². The Balaban J connectivity index is 1.64. The quantitative estimate of drug-likeness (QED) is 0.484. The molecule has 3 aromatic heterocycles. The molecule has 0 aliphatic carbocycles. The molecule has 0 aliphatic heterocycles. The molecule has 2 N–H and O–H groups in total. The molecule has 1 aromatic carbocycles. The maximum Gasteiger partial charge on any atom is 0.280 e. The Morgan fingerprint density at radius 2 is 2.14 bits per heavy atom. The van der Waals surface area contributed by atoms with Crippen molar-refractivity contribution >= 4 is 22.9 Å². The number of benzene rings is 1. The van der Waals surface area contributed by atoms with Gasteiger partial charge in [0.2, 0.25) is 5.95 Å². The number of nitrogens with zero attached hydrogens (tertiary/aromatic N) is 6. The van der Waals surface area contributed by atoms with Gasteiger partial charge in [-0.2, -0.15) is 5.10 Å². The number of aromatic amines is 1. The number of aromatic nitrogens is 7. The number of fused-ring (bicyclic) bond motifs is 1. The Labute approximate surface area is 165 Å². The third-order valence-corrected chi connectivity index (χ3v) is 4.37. The summed E-state index contributed by atoms with van der Waals surface area (Å²) in [6.07, 6.45) is 5.21. The number of methoxy groups -OCH3 is 2. The van der Waals surface area contributed by atoms with E-state index in [9.17, 15) is 4.79 Å². The van der Waals surface area contributed by atoms with Crippen molar-refractivity contribution in [1.29, 1.82) is 0 Å². The van der Waals surface area contributed by atoms with Gasteiger partial charge in [-0.25, -0.2) is 9.67 Å². The molecule has 29 heavy (non-hydrogen) atoms. The van der Waals surface area contributed by atoms with E-state index in [1.54, 1.807) is 36.0 Å². The van der Waals surface area contributed by atoms with Crippen LogP contribution in [0.2, 0.25) is 0 Å². The van der Waals surface area contributed by atoms with Crippen molar-refractivity contribution in [3.8, 4) is 16.9 Å². The van der Waals surface area contributed by atoms with Crippen LogP contribution in [0.15, 0.2) is 30.7 Å². The number of H-pyrrole nitrogens is 1. The van der Waals surface area contributed by atoms with Gasteiger partial charge in [0.15, 0.2) is 5.69 Å². The summed E-state index contributed by atoms with van der Waals surface area (Å²) in [5.74, 6) is 0.479. The lowest BCUT2D eigenvalue weighted by Crippen LogP contribution is -2.13. The zero-order chi connectivity index (χ0) is 20.4. The van der Waals surface area contributed by atoms with Crippen molar-refractivity contribution in [2.45, 2.75) is 6.54 Å². The molecule has 150 valence electrons. The molecule has 1 amide bonds. The molecule has 0 atom stereocenters. The van der Waals surface area contributed by atoms with E-state index in [2.05, 4.69) is 30.7 Å². The summed E-state index contributed by atoms with van der Waals surface area (Å²) in [5.41, 5.74) is 3.30. The minimum absolute atomic E-state index is 0.181. The first-order chi connectivity index (χ1) is 14.1. The molecule has 3 heterocycles. The van der Waals surface area contributed by atoms with Gasteiger partial charge >= 0.3 is 0 Å². The fourth-order valence-electron chi connectivity index (χ4n) is 2.96. The molecule has 0 saturated carbocycles. The van der Waals surface area contributed by atoms with Gasteiger partial charge in [0.05, 0.1) is 32.7 Å². The van der Waals surface area contributed by atoms with E-state index in [1.165, 1.54) is 0 Å². The van der Waals surface area contributed by atoms with Crippen LogP contribution in [0.4, 0.5) is 5.95 Å². The van der Waals surface area contributed by atoms with E-state index in [-0.39, 0.29) is 11.6 Å². The molecule has 0 radical (unpaired) electrons. The first kappa shape index (κ1) is 18.6. The number of anilines is 1. The van der Waals surface area contributed by atoms with Gasteiger partial charge in [-0.1, -0.05) is 5.21 Å². The second-order valence-corrected chi connectivity index (χ2v) is 6.34. The molecule has 0 aliphatic rings. The lowest BCUT2D eigenvalue weighted by molar-refractivity contribution is 0.102. The monoisotopic (exact) mass is 396 g/mol. The van der Waals surface area contributed by atoms with E-state index >= 15 is 0 Å². The molecule has 0 bridgehead atoms. The molecule has 0 saturated heterocycles. The molecule has 4 aromatic rings. The van der Waals surface area contributed by atoms with Crippen molar-refractivity contribution in [3.05, 3.63) is 36.4 Å². The Bertz CT molecular complexity index is 1160. The van der Waals surface area contributed by atoms with E-state index in [4.69, 9.17) is 9.47 Å². The fourth-order valence-corrected chi connectivity index (χ4v) is 2.96. The number of nitrogens with one attached hydrogen (secondary N) is 2. The first-order valence-corrected chi connectivity index (χ1v) is 8.85. The maximum absolute atomic E-state index is 12.5. The SMILES string of the molecule is COCCn1cc(C(=O)Nc2nc3c(-c4cnn(C)c4)ccc(OC)c3[nH]2)nn1. The molecule has 11 heteroatoms. The Morgan fingerprint density at radius 1 is 1.28 bits per heavy atom. The molecule has 0 fully saturated rings. The van der Waals surface area contributed by atoms with Crippen LogP contribution in [-0.2, 0) is 18.3 Å². The number of ether oxygens (including phenoxy) is 2. The highest BCUT2D eigenvalue weighted by Crippen LogP contribution is 2.33. The highest BCUT2D eigenvalue weighted by atomic mass is 16.5. The second-order valence-electron chi connectivity index (χ2n) is 6.34. The molecular weight excluding hydrogens is 376 g/mol. The van der Waals surface area contributed by atoms with Crippen LogP contribution in [0, 0.1) is 0 Å². The van der Waals surface area contributed by atoms with E-state index in [0.29, 0.717) is 29.9 Å². The highest BCUT2D eigenvalue weighted by molar-refractivity contribution is 6.03. The normalized spacial score (nSPS) is 11.1. The summed E-state index contributed by atoms with van der Waals surface area (Å²) in [6.45, 7) is 0.984. The second kappa shape index (κ2) is 7.72. The van der Waals surface area contributed by atoms with Crippen molar-refractivity contribution in [2.75, 3.05) is 26.1 Å². The summed E-state index contributed by atoms with van der Waals surface area (Å²) in [6, 6.07) is 3.75. The van der Waals surface area contributed by atoms with Gasteiger partial charge in [0.25, 0.3) is 5.91 Å². The van der Waals surface area contributed by atoms with Gasteiger partial charge in [-0.05, 0) is 12.1 Å². The Morgan fingerprint density at radius 3 is 2.86 bits per heavy atom. The summed E-state index contributed by atoms with van der Waals surface area (Å²) in [7, 11) is 5.02. The van der Waals surface area contributed by atoms with Gasteiger partial charge in [0, 0.05) is 31.5 Å². The standard InChI is InChI=1S/C18H20N8O3/c1-25-9-11(8-19-25)12-4-5-14(29-3)16-15(12)20-18(21-16)22-17(27)13-10-26(24-23-13)6-7-28-2/h4-5,8-10H,6-7H2,1-3H3,(H2,20,21,22,27). The number of rotatable bonds is 7. The van der Waals surface area contributed by atoms with Crippen molar-refractivity contribution < 1.29 is 14.3 Å². The molecule has 11 nitrogen and oxygen atoms in total. The average molecular weight is 396 g/mol. The molecule has 0 unspecified atom stereocenters. The zero-order valence-corrected chi connectivity index (χ0v) is 16.2. The predicted octanol–water partition coefficient (Wildman–Crippen LogP) is 1.46. The first-order valence-electron chi connectivity index (χ1n) is 8.85. The van der Waals surface area contributed by atoms with Crippen molar-refractivity contribution in [3.63, 3.8) is 0 Å². The number of imidazole rings is 1. The van der Waals surface area contributed by atoms with E-state index < -0.39 is 5.91 Å². The smallest absolute Gasteiger partial charge is 0.280 e. The lowest BCUT2D eigenvalue weighted by Gasteiger charge is -2.04. The number of hydrogen-bond acceptors (Lipinski definition) is 7. The summed E-state index contributed by atoms with van der Waals surface area (Å²) < 4.78 is 13.7.